The first-order chi connectivity index (χ1) is 5.68. The molecule has 1 nitrogen and oxygen atoms in total. The zero-order valence-corrected chi connectivity index (χ0v) is 8.42. The molecule has 0 aromatic heterocycles. The quantitative estimate of drug-likeness (QED) is 0.585. The van der Waals surface area contributed by atoms with Crippen molar-refractivity contribution in [1.82, 2.24) is 0 Å². The van der Waals surface area contributed by atoms with E-state index < -0.39 is 0 Å². The lowest BCUT2D eigenvalue weighted by Crippen LogP contribution is -2.46. The van der Waals surface area contributed by atoms with E-state index in [1.165, 1.54) is 12.8 Å². The average molecular weight is 168 g/mol. The summed E-state index contributed by atoms with van der Waals surface area (Å²) < 4.78 is 5.82. The summed E-state index contributed by atoms with van der Waals surface area (Å²) in [6.07, 6.45) is 3.32. The first-order valence-corrected chi connectivity index (χ1v) is 5.30. The smallest absolute Gasteiger partial charge is 0.0608 e. The first kappa shape index (κ1) is 8.55. The highest BCUT2D eigenvalue weighted by molar-refractivity contribution is 4.90. The van der Waals surface area contributed by atoms with Crippen LogP contribution in [0.1, 0.15) is 33.6 Å². The normalized spacial score (nSPS) is 47.0. The van der Waals surface area contributed by atoms with Crippen LogP contribution in [0, 0.1) is 23.7 Å². The summed E-state index contributed by atoms with van der Waals surface area (Å²) in [6, 6.07) is 0. The van der Waals surface area contributed by atoms with Gasteiger partial charge in [-0.15, -0.1) is 0 Å². The van der Waals surface area contributed by atoms with Gasteiger partial charge in [-0.05, 0) is 36.5 Å². The van der Waals surface area contributed by atoms with Crippen molar-refractivity contribution in [2.75, 3.05) is 6.61 Å². The van der Waals surface area contributed by atoms with Crippen molar-refractivity contribution < 1.29 is 4.74 Å². The van der Waals surface area contributed by atoms with Crippen LogP contribution >= 0.6 is 0 Å². The van der Waals surface area contributed by atoms with Gasteiger partial charge in [0.05, 0.1) is 12.7 Å². The summed E-state index contributed by atoms with van der Waals surface area (Å²) in [5, 5.41) is 0. The van der Waals surface area contributed by atoms with Gasteiger partial charge in [0.2, 0.25) is 0 Å². The molecular formula is C11H20O. The van der Waals surface area contributed by atoms with E-state index in [4.69, 9.17) is 4.74 Å². The van der Waals surface area contributed by atoms with E-state index >= 15 is 0 Å². The molecule has 1 saturated carbocycles. The average Bonchev–Trinajstić information content (AvgIpc) is 2.04. The molecule has 0 aromatic carbocycles. The molecule has 0 N–H and O–H groups in total. The van der Waals surface area contributed by atoms with Gasteiger partial charge in [0.1, 0.15) is 0 Å². The van der Waals surface area contributed by atoms with E-state index in [1.807, 2.05) is 0 Å². The number of ether oxygens (including phenoxy) is 1. The second-order valence-electron chi connectivity index (χ2n) is 4.99. The molecule has 4 atom stereocenters. The fourth-order valence-corrected chi connectivity index (χ4v) is 2.84. The van der Waals surface area contributed by atoms with Gasteiger partial charge >= 0.3 is 0 Å². The van der Waals surface area contributed by atoms with Crippen molar-refractivity contribution in [2.24, 2.45) is 23.7 Å². The Labute approximate surface area is 75.5 Å². The third-order valence-electron chi connectivity index (χ3n) is 3.84. The highest BCUT2D eigenvalue weighted by Gasteiger charge is 2.41. The molecule has 0 amide bonds. The maximum absolute atomic E-state index is 5.82. The number of rotatable bonds is 1. The first-order valence-electron chi connectivity index (χ1n) is 5.30. The number of hydrogen-bond donors (Lipinski definition) is 0. The molecule has 2 heterocycles. The molecule has 1 heteroatoms. The van der Waals surface area contributed by atoms with Crippen LogP contribution in [0.4, 0.5) is 0 Å². The zero-order valence-electron chi connectivity index (χ0n) is 8.42. The fraction of sp³-hybridized carbons (Fsp3) is 1.00. The van der Waals surface area contributed by atoms with E-state index in [0.717, 1.165) is 30.3 Å². The lowest BCUT2D eigenvalue weighted by molar-refractivity contribution is -0.135. The second kappa shape index (κ2) is 3.02. The van der Waals surface area contributed by atoms with E-state index in [0.29, 0.717) is 6.10 Å². The van der Waals surface area contributed by atoms with Crippen LogP contribution in [0.15, 0.2) is 0 Å². The zero-order chi connectivity index (χ0) is 8.72. The molecule has 0 aromatic rings. The van der Waals surface area contributed by atoms with Crippen LogP contribution in [-0.2, 0) is 4.74 Å². The van der Waals surface area contributed by atoms with Gasteiger partial charge in [0.25, 0.3) is 0 Å². The Morgan fingerprint density at radius 2 is 2.00 bits per heavy atom. The Morgan fingerprint density at radius 3 is 2.42 bits per heavy atom. The Bertz CT molecular complexity index is 164. The summed E-state index contributed by atoms with van der Waals surface area (Å²) in [5.74, 6) is 3.44. The third kappa shape index (κ3) is 1.28. The Morgan fingerprint density at radius 1 is 1.25 bits per heavy atom. The standard InChI is InChI=1S/C11H20O/c1-7(2)10-5-9-6-12-11(10)4-8(9)3/h7-11H,4-6H2,1-3H3. The van der Waals surface area contributed by atoms with Gasteiger partial charge in [0, 0.05) is 0 Å². The number of fused-ring (bicyclic) bond motifs is 3. The minimum atomic E-state index is 0.588. The number of hydrogen-bond acceptors (Lipinski definition) is 1. The van der Waals surface area contributed by atoms with Gasteiger partial charge in [-0.1, -0.05) is 20.8 Å². The molecule has 0 radical (unpaired) electrons. The van der Waals surface area contributed by atoms with Crippen LogP contribution in [0.2, 0.25) is 0 Å². The topological polar surface area (TPSA) is 9.23 Å². The largest absolute Gasteiger partial charge is 0.378 e. The second-order valence-corrected chi connectivity index (χ2v) is 4.99. The molecule has 2 saturated heterocycles. The molecule has 3 rings (SSSR count). The van der Waals surface area contributed by atoms with Crippen LogP contribution in [0.25, 0.3) is 0 Å². The predicted octanol–water partition coefficient (Wildman–Crippen LogP) is 2.70. The molecule has 12 heavy (non-hydrogen) atoms. The monoisotopic (exact) mass is 168 g/mol. The summed E-state index contributed by atoms with van der Waals surface area (Å²) in [4.78, 5) is 0. The molecule has 2 aliphatic heterocycles. The van der Waals surface area contributed by atoms with E-state index in [2.05, 4.69) is 20.8 Å². The Kier molecular flexibility index (Phi) is 2.16. The van der Waals surface area contributed by atoms with Crippen molar-refractivity contribution in [3.63, 3.8) is 0 Å². The van der Waals surface area contributed by atoms with Crippen molar-refractivity contribution in [2.45, 2.75) is 39.7 Å². The summed E-state index contributed by atoms with van der Waals surface area (Å²) in [5.41, 5.74) is 0. The molecule has 3 aliphatic rings. The van der Waals surface area contributed by atoms with E-state index in [1.54, 1.807) is 0 Å². The van der Waals surface area contributed by atoms with Gasteiger partial charge in [0.15, 0.2) is 0 Å². The maximum Gasteiger partial charge on any atom is 0.0608 e. The molecular weight excluding hydrogens is 148 g/mol. The van der Waals surface area contributed by atoms with Crippen molar-refractivity contribution in [3.05, 3.63) is 0 Å². The van der Waals surface area contributed by atoms with Gasteiger partial charge in [-0.2, -0.15) is 0 Å². The molecule has 1 aliphatic carbocycles. The summed E-state index contributed by atoms with van der Waals surface area (Å²) >= 11 is 0. The van der Waals surface area contributed by atoms with Gasteiger partial charge in [-0.25, -0.2) is 0 Å². The summed E-state index contributed by atoms with van der Waals surface area (Å²) in [6.45, 7) is 8.09. The highest BCUT2D eigenvalue weighted by atomic mass is 16.5. The highest BCUT2D eigenvalue weighted by Crippen LogP contribution is 2.43. The molecule has 3 fully saturated rings. The lowest BCUT2D eigenvalue weighted by atomic mass is 9.68. The Hall–Kier alpha value is -0.0400. The van der Waals surface area contributed by atoms with Crippen molar-refractivity contribution in [3.8, 4) is 0 Å². The third-order valence-corrected chi connectivity index (χ3v) is 3.84. The SMILES string of the molecule is CC(C)C1CC2COC1CC2C. The van der Waals surface area contributed by atoms with E-state index in [9.17, 15) is 0 Å². The van der Waals surface area contributed by atoms with Gasteiger partial charge in [-0.3, -0.25) is 0 Å². The van der Waals surface area contributed by atoms with Gasteiger partial charge < -0.3 is 4.74 Å². The van der Waals surface area contributed by atoms with Crippen molar-refractivity contribution >= 4 is 0 Å². The Balaban J connectivity index is 2.05. The molecule has 4 unspecified atom stereocenters. The minimum Gasteiger partial charge on any atom is -0.378 e. The van der Waals surface area contributed by atoms with Crippen LogP contribution in [0.5, 0.6) is 0 Å². The minimum absolute atomic E-state index is 0.588. The van der Waals surface area contributed by atoms with Crippen LogP contribution in [0.3, 0.4) is 0 Å². The van der Waals surface area contributed by atoms with Crippen LogP contribution < -0.4 is 0 Å². The summed E-state index contributed by atoms with van der Waals surface area (Å²) in [7, 11) is 0. The maximum atomic E-state index is 5.82. The van der Waals surface area contributed by atoms with E-state index in [-0.39, 0.29) is 0 Å². The molecule has 2 bridgehead atoms. The molecule has 0 spiro atoms. The fourth-order valence-electron chi connectivity index (χ4n) is 2.84. The van der Waals surface area contributed by atoms with Crippen molar-refractivity contribution in [1.29, 1.82) is 0 Å². The van der Waals surface area contributed by atoms with Crippen LogP contribution in [-0.4, -0.2) is 12.7 Å². The molecule has 70 valence electrons. The predicted molar refractivity (Wildman–Crippen MR) is 50.0 cm³/mol. The lowest BCUT2D eigenvalue weighted by Gasteiger charge is -2.47.